The largest absolute Gasteiger partial charge is 0.493 e. The highest BCUT2D eigenvalue weighted by molar-refractivity contribution is 6.08. The van der Waals surface area contributed by atoms with Crippen molar-refractivity contribution in [2.75, 3.05) is 21.3 Å². The first kappa shape index (κ1) is 26.5. The number of ether oxygens (including phenoxy) is 4. The zero-order valence-corrected chi connectivity index (χ0v) is 22.3. The SMILES string of the molecule is COC(=O)C(Cc1ccc(Oc2ccnc3cc(OC)c(OC)cc23)cc1)NC(=O)c1cccc2ccccc12. The Balaban J connectivity index is 1.33. The monoisotopic (exact) mass is 536 g/mol. The van der Waals surface area contributed by atoms with E-state index in [2.05, 4.69) is 10.3 Å². The highest BCUT2D eigenvalue weighted by atomic mass is 16.5. The summed E-state index contributed by atoms with van der Waals surface area (Å²) in [5.74, 6) is 1.48. The molecule has 8 heteroatoms. The Morgan fingerprint density at radius 2 is 1.52 bits per heavy atom. The van der Waals surface area contributed by atoms with E-state index in [1.807, 2.05) is 66.7 Å². The summed E-state index contributed by atoms with van der Waals surface area (Å²) in [5.41, 5.74) is 2.02. The van der Waals surface area contributed by atoms with Crippen LogP contribution in [0.4, 0.5) is 0 Å². The highest BCUT2D eigenvalue weighted by Gasteiger charge is 2.23. The molecule has 202 valence electrons. The van der Waals surface area contributed by atoms with Crippen LogP contribution in [0.1, 0.15) is 15.9 Å². The zero-order chi connectivity index (χ0) is 28.1. The molecule has 1 amide bonds. The van der Waals surface area contributed by atoms with Gasteiger partial charge in [-0.2, -0.15) is 0 Å². The number of benzene rings is 4. The van der Waals surface area contributed by atoms with Crippen LogP contribution in [0.2, 0.25) is 0 Å². The van der Waals surface area contributed by atoms with Crippen LogP contribution in [0, 0.1) is 0 Å². The molecule has 1 heterocycles. The van der Waals surface area contributed by atoms with Crippen molar-refractivity contribution in [1.29, 1.82) is 0 Å². The second-order valence-electron chi connectivity index (χ2n) is 9.06. The van der Waals surface area contributed by atoms with Crippen molar-refractivity contribution in [2.45, 2.75) is 12.5 Å². The van der Waals surface area contributed by atoms with Gasteiger partial charge in [-0.1, -0.05) is 48.5 Å². The molecule has 0 aliphatic heterocycles. The van der Waals surface area contributed by atoms with Crippen LogP contribution in [0.25, 0.3) is 21.7 Å². The number of pyridine rings is 1. The molecule has 0 saturated heterocycles. The van der Waals surface area contributed by atoms with Gasteiger partial charge in [0.05, 0.1) is 26.8 Å². The third-order valence-corrected chi connectivity index (χ3v) is 6.62. The third kappa shape index (κ3) is 5.51. The van der Waals surface area contributed by atoms with Crippen LogP contribution in [0.15, 0.2) is 91.1 Å². The molecule has 0 bridgehead atoms. The van der Waals surface area contributed by atoms with Crippen molar-refractivity contribution in [3.05, 3.63) is 102 Å². The molecule has 1 atom stereocenters. The summed E-state index contributed by atoms with van der Waals surface area (Å²) >= 11 is 0. The second-order valence-corrected chi connectivity index (χ2v) is 9.06. The smallest absolute Gasteiger partial charge is 0.328 e. The first-order chi connectivity index (χ1) is 19.5. The lowest BCUT2D eigenvalue weighted by Crippen LogP contribution is -2.43. The summed E-state index contributed by atoms with van der Waals surface area (Å²) in [5, 5.41) is 5.37. The number of aromatic nitrogens is 1. The molecule has 1 aromatic heterocycles. The van der Waals surface area contributed by atoms with Gasteiger partial charge in [-0.3, -0.25) is 9.78 Å². The molecule has 1 unspecified atom stereocenters. The number of carbonyl (C=O) groups is 2. The van der Waals surface area contributed by atoms with Gasteiger partial charge in [0, 0.05) is 29.6 Å². The zero-order valence-electron chi connectivity index (χ0n) is 22.3. The van der Waals surface area contributed by atoms with Crippen LogP contribution >= 0.6 is 0 Å². The van der Waals surface area contributed by atoms with Gasteiger partial charge in [-0.25, -0.2) is 4.79 Å². The summed E-state index contributed by atoms with van der Waals surface area (Å²) < 4.78 is 21.9. The lowest BCUT2D eigenvalue weighted by molar-refractivity contribution is -0.142. The fraction of sp³-hybridized carbons (Fsp3) is 0.156. The minimum absolute atomic E-state index is 0.249. The number of nitrogens with one attached hydrogen (secondary N) is 1. The number of methoxy groups -OCH3 is 3. The molecular formula is C32H28N2O6. The Kier molecular flexibility index (Phi) is 7.77. The van der Waals surface area contributed by atoms with E-state index in [-0.39, 0.29) is 12.3 Å². The first-order valence-corrected chi connectivity index (χ1v) is 12.6. The lowest BCUT2D eigenvalue weighted by Gasteiger charge is -2.18. The van der Waals surface area contributed by atoms with E-state index in [4.69, 9.17) is 18.9 Å². The Morgan fingerprint density at radius 3 is 2.27 bits per heavy atom. The van der Waals surface area contributed by atoms with E-state index < -0.39 is 12.0 Å². The van der Waals surface area contributed by atoms with Crippen LogP contribution < -0.4 is 19.5 Å². The van der Waals surface area contributed by atoms with Crippen molar-refractivity contribution in [3.8, 4) is 23.0 Å². The molecule has 4 aromatic carbocycles. The van der Waals surface area contributed by atoms with E-state index in [1.165, 1.54) is 7.11 Å². The second kappa shape index (κ2) is 11.7. The maximum atomic E-state index is 13.2. The van der Waals surface area contributed by atoms with Gasteiger partial charge in [0.15, 0.2) is 11.5 Å². The number of carbonyl (C=O) groups excluding carboxylic acids is 2. The lowest BCUT2D eigenvalue weighted by atomic mass is 10.0. The van der Waals surface area contributed by atoms with Gasteiger partial charge in [0.2, 0.25) is 0 Å². The molecule has 0 saturated carbocycles. The van der Waals surface area contributed by atoms with Gasteiger partial charge in [0.25, 0.3) is 5.91 Å². The van der Waals surface area contributed by atoms with Gasteiger partial charge < -0.3 is 24.3 Å². The maximum absolute atomic E-state index is 13.2. The minimum atomic E-state index is -0.866. The summed E-state index contributed by atoms with van der Waals surface area (Å²) in [6.45, 7) is 0. The van der Waals surface area contributed by atoms with E-state index in [9.17, 15) is 9.59 Å². The van der Waals surface area contributed by atoms with Crippen molar-refractivity contribution in [3.63, 3.8) is 0 Å². The van der Waals surface area contributed by atoms with Crippen LogP contribution in [-0.2, 0) is 16.0 Å². The normalized spacial score (nSPS) is 11.6. The summed E-state index contributed by atoms with van der Waals surface area (Å²) in [6.07, 6.45) is 1.91. The quantitative estimate of drug-likeness (QED) is 0.241. The summed E-state index contributed by atoms with van der Waals surface area (Å²) in [6, 6.07) is 25.0. The fourth-order valence-electron chi connectivity index (χ4n) is 4.59. The standard InChI is InChI=1S/C32H28N2O6/c1-37-29-18-25-26(19-30(29)38-2)33-16-15-28(25)40-22-13-11-20(12-14-22)17-27(32(36)39-3)34-31(35)24-10-6-8-21-7-4-5-9-23(21)24/h4-16,18-19,27H,17H2,1-3H3,(H,34,35). The van der Waals surface area contributed by atoms with Crippen LogP contribution in [0.3, 0.4) is 0 Å². The predicted octanol–water partition coefficient (Wildman–Crippen LogP) is 5.71. The molecule has 5 rings (SSSR count). The molecule has 0 radical (unpaired) electrons. The minimum Gasteiger partial charge on any atom is -0.493 e. The van der Waals surface area contributed by atoms with Crippen molar-refractivity contribution in [1.82, 2.24) is 10.3 Å². The molecule has 0 aliphatic rings. The summed E-state index contributed by atoms with van der Waals surface area (Å²) in [7, 11) is 4.46. The van der Waals surface area contributed by atoms with Crippen LogP contribution in [0.5, 0.6) is 23.0 Å². The highest BCUT2D eigenvalue weighted by Crippen LogP contribution is 2.36. The average Bonchev–Trinajstić information content (AvgIpc) is 3.00. The predicted molar refractivity (Wildman–Crippen MR) is 152 cm³/mol. The first-order valence-electron chi connectivity index (χ1n) is 12.6. The number of rotatable bonds is 9. The molecule has 5 aromatic rings. The van der Waals surface area contributed by atoms with E-state index in [0.717, 1.165) is 21.7 Å². The number of amides is 1. The van der Waals surface area contributed by atoms with Crippen molar-refractivity contribution < 1.29 is 28.5 Å². The van der Waals surface area contributed by atoms with E-state index >= 15 is 0 Å². The van der Waals surface area contributed by atoms with Gasteiger partial charge in [-0.05, 0) is 46.7 Å². The van der Waals surface area contributed by atoms with Crippen molar-refractivity contribution >= 4 is 33.6 Å². The fourth-order valence-corrected chi connectivity index (χ4v) is 4.59. The Hall–Kier alpha value is -5.11. The molecule has 0 aliphatic carbocycles. The van der Waals surface area contributed by atoms with E-state index in [1.54, 1.807) is 38.6 Å². The Labute approximate surface area is 231 Å². The molecule has 1 N–H and O–H groups in total. The molecule has 40 heavy (non-hydrogen) atoms. The number of hydrogen-bond acceptors (Lipinski definition) is 7. The topological polar surface area (TPSA) is 96.0 Å². The Morgan fingerprint density at radius 1 is 0.800 bits per heavy atom. The third-order valence-electron chi connectivity index (χ3n) is 6.62. The van der Waals surface area contributed by atoms with Crippen LogP contribution in [-0.4, -0.2) is 44.2 Å². The Bertz CT molecular complexity index is 1680. The molecule has 0 spiro atoms. The number of fused-ring (bicyclic) bond motifs is 2. The molecule has 8 nitrogen and oxygen atoms in total. The number of nitrogens with zero attached hydrogens (tertiary/aromatic N) is 1. The molecular weight excluding hydrogens is 508 g/mol. The van der Waals surface area contributed by atoms with Gasteiger partial charge in [0.1, 0.15) is 17.5 Å². The van der Waals surface area contributed by atoms with E-state index in [0.29, 0.717) is 34.1 Å². The average molecular weight is 537 g/mol. The summed E-state index contributed by atoms with van der Waals surface area (Å²) in [4.78, 5) is 30.2. The van der Waals surface area contributed by atoms with Crippen molar-refractivity contribution in [2.24, 2.45) is 0 Å². The number of esters is 1. The number of hydrogen-bond donors (Lipinski definition) is 1. The van der Waals surface area contributed by atoms with Gasteiger partial charge in [-0.15, -0.1) is 0 Å². The maximum Gasteiger partial charge on any atom is 0.328 e. The molecule has 0 fully saturated rings. The van der Waals surface area contributed by atoms with Gasteiger partial charge >= 0.3 is 5.97 Å².